The van der Waals surface area contributed by atoms with Gasteiger partial charge in [0.1, 0.15) is 5.01 Å². The molecule has 1 saturated heterocycles. The molecule has 0 saturated carbocycles. The van der Waals surface area contributed by atoms with Crippen LogP contribution in [0.1, 0.15) is 25.3 Å². The smallest absolute Gasteiger partial charge is 0.102 e. The molecule has 1 fully saturated rings. The second-order valence-electron chi connectivity index (χ2n) is 5.37. The van der Waals surface area contributed by atoms with Crippen molar-refractivity contribution in [1.82, 2.24) is 10.3 Å². The van der Waals surface area contributed by atoms with E-state index in [4.69, 9.17) is 16.6 Å². The maximum atomic E-state index is 6.05. The fourth-order valence-corrected chi connectivity index (χ4v) is 4.35. The third kappa shape index (κ3) is 1.85. The molecule has 1 atom stereocenters. The van der Waals surface area contributed by atoms with Crippen LogP contribution in [0.15, 0.2) is 18.2 Å². The van der Waals surface area contributed by atoms with Gasteiger partial charge in [-0.15, -0.1) is 11.3 Å². The highest BCUT2D eigenvalue weighted by atomic mass is 35.5. The third-order valence-electron chi connectivity index (χ3n) is 4.07. The molecule has 0 bridgehead atoms. The molecule has 3 rings (SSSR count). The van der Waals surface area contributed by atoms with Crippen LogP contribution in [-0.2, 0) is 5.41 Å². The van der Waals surface area contributed by atoms with Crippen LogP contribution in [0.5, 0.6) is 0 Å². The molecule has 4 heteroatoms. The predicted molar refractivity (Wildman–Crippen MR) is 78.6 cm³/mol. The Bertz CT molecular complexity index is 570. The zero-order valence-corrected chi connectivity index (χ0v) is 12.2. The first kappa shape index (κ1) is 12.4. The summed E-state index contributed by atoms with van der Waals surface area (Å²) in [5, 5.41) is 5.55. The van der Waals surface area contributed by atoms with Gasteiger partial charge >= 0.3 is 0 Å². The summed E-state index contributed by atoms with van der Waals surface area (Å²) in [5.41, 5.74) is 1.28. The van der Waals surface area contributed by atoms with E-state index in [-0.39, 0.29) is 5.41 Å². The molecule has 1 aromatic heterocycles. The van der Waals surface area contributed by atoms with Gasteiger partial charge in [-0.3, -0.25) is 0 Å². The Balaban J connectivity index is 2.12. The van der Waals surface area contributed by atoms with Gasteiger partial charge in [-0.05, 0) is 37.1 Å². The number of thiazole rings is 1. The quantitative estimate of drug-likeness (QED) is 0.904. The molecule has 1 aliphatic heterocycles. The van der Waals surface area contributed by atoms with Gasteiger partial charge in [0.25, 0.3) is 0 Å². The molecule has 96 valence electrons. The Morgan fingerprint density at radius 1 is 1.44 bits per heavy atom. The van der Waals surface area contributed by atoms with E-state index in [2.05, 4.69) is 19.2 Å². The van der Waals surface area contributed by atoms with Crippen LogP contribution in [0, 0.1) is 5.92 Å². The van der Waals surface area contributed by atoms with E-state index in [1.807, 2.05) is 18.2 Å². The summed E-state index contributed by atoms with van der Waals surface area (Å²) in [7, 11) is 0. The predicted octanol–water partition coefficient (Wildman–Crippen LogP) is 3.84. The monoisotopic (exact) mass is 280 g/mol. The van der Waals surface area contributed by atoms with Crippen LogP contribution in [-0.4, -0.2) is 18.1 Å². The first-order chi connectivity index (χ1) is 8.62. The standard InChI is InChI=1S/C14H17ClN2S/c1-9(2)14(5-6-16-8-14)13-17-11-4-3-10(15)7-12(11)18-13/h3-4,7,9,16H,5-6,8H2,1-2H3. The molecule has 0 amide bonds. The van der Waals surface area contributed by atoms with Crippen LogP contribution in [0.2, 0.25) is 5.02 Å². The van der Waals surface area contributed by atoms with Crippen molar-refractivity contribution in [2.45, 2.75) is 25.7 Å². The minimum absolute atomic E-state index is 0.205. The summed E-state index contributed by atoms with van der Waals surface area (Å²) in [5.74, 6) is 0.600. The van der Waals surface area contributed by atoms with Crippen LogP contribution in [0.4, 0.5) is 0 Å². The van der Waals surface area contributed by atoms with Crippen LogP contribution in [0.25, 0.3) is 10.2 Å². The van der Waals surface area contributed by atoms with Crippen LogP contribution in [0.3, 0.4) is 0 Å². The van der Waals surface area contributed by atoms with Gasteiger partial charge in [0, 0.05) is 17.0 Å². The summed E-state index contributed by atoms with van der Waals surface area (Å²) < 4.78 is 1.20. The van der Waals surface area contributed by atoms with E-state index in [1.165, 1.54) is 16.1 Å². The van der Waals surface area contributed by atoms with Gasteiger partial charge in [0.05, 0.1) is 10.2 Å². The van der Waals surface area contributed by atoms with Crippen molar-refractivity contribution >= 4 is 33.2 Å². The van der Waals surface area contributed by atoms with Crippen molar-refractivity contribution in [3.63, 3.8) is 0 Å². The first-order valence-corrected chi connectivity index (χ1v) is 7.58. The average Bonchev–Trinajstić information content (AvgIpc) is 2.94. The van der Waals surface area contributed by atoms with Crippen molar-refractivity contribution in [3.05, 3.63) is 28.2 Å². The number of nitrogens with one attached hydrogen (secondary N) is 1. The summed E-state index contributed by atoms with van der Waals surface area (Å²) in [4.78, 5) is 4.85. The lowest BCUT2D eigenvalue weighted by Crippen LogP contribution is -2.34. The zero-order valence-electron chi connectivity index (χ0n) is 10.7. The van der Waals surface area contributed by atoms with Crippen molar-refractivity contribution < 1.29 is 0 Å². The highest BCUT2D eigenvalue weighted by Crippen LogP contribution is 2.41. The average molecular weight is 281 g/mol. The van der Waals surface area contributed by atoms with E-state index in [0.717, 1.165) is 23.6 Å². The number of aromatic nitrogens is 1. The Morgan fingerprint density at radius 3 is 2.94 bits per heavy atom. The number of hydrogen-bond donors (Lipinski definition) is 1. The van der Waals surface area contributed by atoms with Gasteiger partial charge in [0.15, 0.2) is 0 Å². The molecule has 18 heavy (non-hydrogen) atoms. The Morgan fingerprint density at radius 2 is 2.28 bits per heavy atom. The Hall–Kier alpha value is -0.640. The molecular weight excluding hydrogens is 264 g/mol. The molecule has 0 radical (unpaired) electrons. The number of rotatable bonds is 2. The minimum atomic E-state index is 0.205. The van der Waals surface area contributed by atoms with Crippen molar-refractivity contribution in [2.24, 2.45) is 5.92 Å². The lowest BCUT2D eigenvalue weighted by atomic mass is 9.77. The molecular formula is C14H17ClN2S. The first-order valence-electron chi connectivity index (χ1n) is 6.39. The summed E-state index contributed by atoms with van der Waals surface area (Å²) in [6.07, 6.45) is 1.18. The van der Waals surface area contributed by atoms with Crippen LogP contribution >= 0.6 is 22.9 Å². The number of benzene rings is 1. The molecule has 1 aromatic carbocycles. The maximum absolute atomic E-state index is 6.05. The number of nitrogens with zero attached hydrogens (tertiary/aromatic N) is 1. The van der Waals surface area contributed by atoms with Crippen molar-refractivity contribution in [3.8, 4) is 0 Å². The lowest BCUT2D eigenvalue weighted by Gasteiger charge is -2.30. The summed E-state index contributed by atoms with van der Waals surface area (Å²) >= 11 is 7.85. The largest absolute Gasteiger partial charge is 0.316 e. The van der Waals surface area contributed by atoms with Crippen molar-refractivity contribution in [1.29, 1.82) is 0 Å². The van der Waals surface area contributed by atoms with Gasteiger partial charge in [-0.1, -0.05) is 25.4 Å². The lowest BCUT2D eigenvalue weighted by molar-refractivity contribution is 0.336. The fourth-order valence-electron chi connectivity index (χ4n) is 2.74. The van der Waals surface area contributed by atoms with E-state index in [0.29, 0.717) is 5.92 Å². The highest BCUT2D eigenvalue weighted by molar-refractivity contribution is 7.18. The minimum Gasteiger partial charge on any atom is -0.316 e. The third-order valence-corrected chi connectivity index (χ3v) is 5.54. The van der Waals surface area contributed by atoms with Crippen molar-refractivity contribution in [2.75, 3.05) is 13.1 Å². The normalized spacial score (nSPS) is 24.2. The number of fused-ring (bicyclic) bond motifs is 1. The topological polar surface area (TPSA) is 24.9 Å². The Kier molecular flexibility index (Phi) is 3.08. The molecule has 1 N–H and O–H groups in total. The molecule has 0 aliphatic carbocycles. The molecule has 1 unspecified atom stereocenters. The second-order valence-corrected chi connectivity index (χ2v) is 6.84. The van der Waals surface area contributed by atoms with Gasteiger partial charge < -0.3 is 5.32 Å². The fraction of sp³-hybridized carbons (Fsp3) is 0.500. The van der Waals surface area contributed by atoms with Gasteiger partial charge in [0.2, 0.25) is 0 Å². The molecule has 2 aromatic rings. The molecule has 2 heterocycles. The zero-order chi connectivity index (χ0) is 12.8. The molecule has 1 aliphatic rings. The SMILES string of the molecule is CC(C)C1(c2nc3ccc(Cl)cc3s2)CCNC1. The van der Waals surface area contributed by atoms with Gasteiger partial charge in [-0.25, -0.2) is 4.98 Å². The summed E-state index contributed by atoms with van der Waals surface area (Å²) in [6, 6.07) is 5.96. The number of hydrogen-bond acceptors (Lipinski definition) is 3. The summed E-state index contributed by atoms with van der Waals surface area (Å²) in [6.45, 7) is 6.73. The van der Waals surface area contributed by atoms with Gasteiger partial charge in [-0.2, -0.15) is 0 Å². The maximum Gasteiger partial charge on any atom is 0.102 e. The van der Waals surface area contributed by atoms with E-state index < -0.39 is 0 Å². The highest BCUT2D eigenvalue weighted by Gasteiger charge is 2.41. The van der Waals surface area contributed by atoms with E-state index in [9.17, 15) is 0 Å². The van der Waals surface area contributed by atoms with Crippen LogP contribution < -0.4 is 5.32 Å². The van der Waals surface area contributed by atoms with E-state index in [1.54, 1.807) is 11.3 Å². The second kappa shape index (κ2) is 4.48. The molecule has 0 spiro atoms. The van der Waals surface area contributed by atoms with E-state index >= 15 is 0 Å². The molecule has 2 nitrogen and oxygen atoms in total. The number of halogens is 1. The Labute approximate surface area is 116 Å².